The Balaban J connectivity index is 5.30. The predicted octanol–water partition coefficient (Wildman–Crippen LogP) is -0.104. The summed E-state index contributed by atoms with van der Waals surface area (Å²) in [7, 11) is 0. The molecule has 0 aliphatic heterocycles. The van der Waals surface area contributed by atoms with E-state index in [0.717, 1.165) is 0 Å². The first kappa shape index (κ1) is 13.8. The lowest BCUT2D eigenvalue weighted by atomic mass is 9.62. The molecule has 14 heavy (non-hydrogen) atoms. The topological polar surface area (TPSA) is 104 Å². The molecule has 0 rings (SSSR count). The Morgan fingerprint density at radius 3 is 0.714 bits per heavy atom. The van der Waals surface area contributed by atoms with Gasteiger partial charge in [-0.05, 0) is 41.5 Å². The molecule has 0 aliphatic carbocycles. The Hall–Kier alpha value is -0.160. The molecule has 0 aromatic carbocycles. The van der Waals surface area contributed by atoms with Crippen molar-refractivity contribution in [2.24, 2.45) is 22.9 Å². The van der Waals surface area contributed by atoms with Crippen molar-refractivity contribution in [2.45, 2.75) is 63.7 Å². The van der Waals surface area contributed by atoms with Crippen LogP contribution in [-0.2, 0) is 0 Å². The molecule has 4 heteroatoms. The van der Waals surface area contributed by atoms with Gasteiger partial charge >= 0.3 is 0 Å². The van der Waals surface area contributed by atoms with E-state index in [1.54, 1.807) is 0 Å². The molecule has 0 saturated heterocycles. The zero-order chi connectivity index (χ0) is 12.0. The van der Waals surface area contributed by atoms with E-state index in [0.29, 0.717) is 0 Å². The summed E-state index contributed by atoms with van der Waals surface area (Å²) in [6.45, 7) is 11.2. The zero-order valence-electron chi connectivity index (χ0n) is 10.3. The minimum absolute atomic E-state index is 0.590. The van der Waals surface area contributed by atoms with E-state index in [1.165, 1.54) is 0 Å². The van der Waals surface area contributed by atoms with Crippen LogP contribution in [0.15, 0.2) is 0 Å². The minimum atomic E-state index is -0.752. The highest BCUT2D eigenvalue weighted by Crippen LogP contribution is 2.33. The van der Waals surface area contributed by atoms with Crippen molar-refractivity contribution in [2.75, 3.05) is 0 Å². The third kappa shape index (κ3) is 1.93. The normalized spacial score (nSPS) is 22.7. The van der Waals surface area contributed by atoms with Gasteiger partial charge in [0, 0.05) is 22.2 Å². The van der Waals surface area contributed by atoms with Gasteiger partial charge in [0.2, 0.25) is 0 Å². The second-order valence-corrected chi connectivity index (χ2v) is 5.85. The van der Waals surface area contributed by atoms with E-state index < -0.39 is 22.2 Å². The number of nitrogens with two attached hydrogens (primary N) is 4. The third-order valence-electron chi connectivity index (χ3n) is 3.76. The molecule has 0 fully saturated rings. The van der Waals surface area contributed by atoms with Crippen molar-refractivity contribution in [1.29, 1.82) is 0 Å². The van der Waals surface area contributed by atoms with Gasteiger partial charge in [-0.1, -0.05) is 0 Å². The summed E-state index contributed by atoms with van der Waals surface area (Å²) in [5.41, 5.74) is 21.8. The maximum atomic E-state index is 6.23. The Bertz CT molecular complexity index is 181. The van der Waals surface area contributed by atoms with Gasteiger partial charge in [0.25, 0.3) is 0 Å². The van der Waals surface area contributed by atoms with Gasteiger partial charge in [0.05, 0.1) is 0 Å². The molecule has 2 atom stereocenters. The Kier molecular flexibility index (Phi) is 3.13. The van der Waals surface area contributed by atoms with E-state index in [-0.39, 0.29) is 0 Å². The van der Waals surface area contributed by atoms with Crippen LogP contribution in [0.1, 0.15) is 41.5 Å². The van der Waals surface area contributed by atoms with Crippen molar-refractivity contribution in [1.82, 2.24) is 0 Å². The van der Waals surface area contributed by atoms with E-state index in [9.17, 15) is 0 Å². The van der Waals surface area contributed by atoms with Crippen LogP contribution in [0.5, 0.6) is 0 Å². The van der Waals surface area contributed by atoms with E-state index in [4.69, 9.17) is 22.9 Å². The first-order chi connectivity index (χ1) is 5.75. The number of hydrogen-bond donors (Lipinski definition) is 4. The summed E-state index contributed by atoms with van der Waals surface area (Å²) in [5, 5.41) is 0. The number of hydrogen-bond acceptors (Lipinski definition) is 4. The molecule has 0 aromatic rings. The monoisotopic (exact) mass is 202 g/mol. The lowest BCUT2D eigenvalue weighted by Gasteiger charge is -2.55. The van der Waals surface area contributed by atoms with Crippen molar-refractivity contribution in [3.63, 3.8) is 0 Å². The van der Waals surface area contributed by atoms with Crippen LogP contribution >= 0.6 is 0 Å². The van der Waals surface area contributed by atoms with Gasteiger partial charge in [-0.15, -0.1) is 0 Å². The van der Waals surface area contributed by atoms with Gasteiger partial charge in [0.1, 0.15) is 0 Å². The van der Waals surface area contributed by atoms with Crippen LogP contribution in [0.3, 0.4) is 0 Å². The predicted molar refractivity (Wildman–Crippen MR) is 61.7 cm³/mol. The third-order valence-corrected chi connectivity index (χ3v) is 3.76. The lowest BCUT2D eigenvalue weighted by Crippen LogP contribution is -2.82. The molecule has 0 aromatic heterocycles. The first-order valence-corrected chi connectivity index (χ1v) is 4.90. The molecule has 0 bridgehead atoms. The molecule has 0 radical (unpaired) electrons. The SMILES string of the molecule is CC(C)(N)C(C)(N)C(C)(N)C(C)(C)N. The van der Waals surface area contributed by atoms with Gasteiger partial charge in [-0.2, -0.15) is 0 Å². The standard InChI is InChI=1S/C10H26N4/c1-7(2,11)9(5,13)10(6,14)8(3,4)12/h11-14H2,1-6H3. The van der Waals surface area contributed by atoms with Crippen molar-refractivity contribution in [3.05, 3.63) is 0 Å². The highest BCUT2D eigenvalue weighted by atomic mass is 15.0. The molecule has 86 valence electrons. The summed E-state index contributed by atoms with van der Waals surface area (Å²) in [4.78, 5) is 0. The fraction of sp³-hybridized carbons (Fsp3) is 1.00. The molecule has 0 spiro atoms. The smallest absolute Gasteiger partial charge is 0.0500 e. The largest absolute Gasteiger partial charge is 0.324 e. The lowest BCUT2D eigenvalue weighted by molar-refractivity contribution is 0.103. The Morgan fingerprint density at radius 2 is 0.643 bits per heavy atom. The fourth-order valence-electron chi connectivity index (χ4n) is 1.34. The molecular formula is C10H26N4. The minimum Gasteiger partial charge on any atom is -0.324 e. The van der Waals surface area contributed by atoms with Gasteiger partial charge in [0.15, 0.2) is 0 Å². The van der Waals surface area contributed by atoms with E-state index in [1.807, 2.05) is 41.5 Å². The average Bonchev–Trinajstić information content (AvgIpc) is 1.81. The van der Waals surface area contributed by atoms with Crippen molar-refractivity contribution >= 4 is 0 Å². The van der Waals surface area contributed by atoms with Crippen LogP contribution in [-0.4, -0.2) is 22.2 Å². The molecule has 4 nitrogen and oxygen atoms in total. The summed E-state index contributed by atoms with van der Waals surface area (Å²) in [5.74, 6) is 0. The quantitative estimate of drug-likeness (QED) is 0.513. The maximum Gasteiger partial charge on any atom is 0.0500 e. The van der Waals surface area contributed by atoms with E-state index >= 15 is 0 Å². The van der Waals surface area contributed by atoms with E-state index in [2.05, 4.69) is 0 Å². The summed E-state index contributed by atoms with van der Waals surface area (Å²) in [6, 6.07) is 0. The van der Waals surface area contributed by atoms with Gasteiger partial charge < -0.3 is 22.9 Å². The number of rotatable bonds is 3. The Morgan fingerprint density at radius 1 is 0.500 bits per heavy atom. The van der Waals surface area contributed by atoms with Crippen LogP contribution in [0.4, 0.5) is 0 Å². The summed E-state index contributed by atoms with van der Waals surface area (Å²) in [6.07, 6.45) is 0. The first-order valence-electron chi connectivity index (χ1n) is 4.90. The molecular weight excluding hydrogens is 176 g/mol. The molecule has 2 unspecified atom stereocenters. The molecule has 0 saturated carbocycles. The second kappa shape index (κ2) is 3.17. The molecule has 0 aliphatic rings. The molecule has 0 heterocycles. The van der Waals surface area contributed by atoms with Gasteiger partial charge in [-0.25, -0.2) is 0 Å². The Labute approximate surface area is 87.4 Å². The van der Waals surface area contributed by atoms with Crippen LogP contribution in [0.25, 0.3) is 0 Å². The summed E-state index contributed by atoms with van der Waals surface area (Å²) < 4.78 is 0. The highest BCUT2D eigenvalue weighted by Gasteiger charge is 2.53. The molecule has 0 amide bonds. The second-order valence-electron chi connectivity index (χ2n) is 5.85. The maximum absolute atomic E-state index is 6.23. The zero-order valence-corrected chi connectivity index (χ0v) is 10.3. The van der Waals surface area contributed by atoms with Crippen molar-refractivity contribution < 1.29 is 0 Å². The van der Waals surface area contributed by atoms with Crippen molar-refractivity contribution in [3.8, 4) is 0 Å². The van der Waals surface area contributed by atoms with Crippen LogP contribution in [0.2, 0.25) is 0 Å². The summed E-state index contributed by atoms with van der Waals surface area (Å²) >= 11 is 0. The van der Waals surface area contributed by atoms with Crippen LogP contribution in [0, 0.1) is 0 Å². The average molecular weight is 202 g/mol. The fourth-order valence-corrected chi connectivity index (χ4v) is 1.34. The van der Waals surface area contributed by atoms with Gasteiger partial charge in [-0.3, -0.25) is 0 Å². The van der Waals surface area contributed by atoms with Crippen LogP contribution < -0.4 is 22.9 Å². The molecule has 8 N–H and O–H groups in total. The highest BCUT2D eigenvalue weighted by molar-refractivity contribution is 5.19.